The second kappa shape index (κ2) is 6.76. The normalized spacial score (nSPS) is 23.3. The van der Waals surface area contributed by atoms with Crippen LogP contribution in [0, 0.1) is 12.3 Å². The standard InChI is InChI=1S/C19H27N5O3/c1-13-4-5-14(23(13)3)17-21-20-16(27-17)11-24-8-6-19(7-9-24)10-15(18(25)26)22(2)12-19/h4-5,15H,6-12H2,1-3H3,(H,25,26)/t15-/m0/s1. The van der Waals surface area contributed by atoms with Gasteiger partial charge in [0.25, 0.3) is 5.89 Å². The zero-order chi connectivity index (χ0) is 19.2. The fourth-order valence-electron chi connectivity index (χ4n) is 4.53. The number of piperidine rings is 1. The number of likely N-dealkylation sites (tertiary alicyclic amines) is 2. The minimum Gasteiger partial charge on any atom is -0.480 e. The van der Waals surface area contributed by atoms with E-state index in [1.807, 2.05) is 42.6 Å². The van der Waals surface area contributed by atoms with Gasteiger partial charge >= 0.3 is 5.97 Å². The lowest BCUT2D eigenvalue weighted by atomic mass is 9.76. The Morgan fingerprint density at radius 1 is 1.30 bits per heavy atom. The van der Waals surface area contributed by atoms with Crippen LogP contribution in [0.2, 0.25) is 0 Å². The third kappa shape index (κ3) is 3.39. The van der Waals surface area contributed by atoms with E-state index in [0.717, 1.165) is 50.3 Å². The Kier molecular flexibility index (Phi) is 4.55. The average molecular weight is 373 g/mol. The van der Waals surface area contributed by atoms with Crippen molar-refractivity contribution in [3.05, 3.63) is 23.7 Å². The maximum absolute atomic E-state index is 11.4. The fraction of sp³-hybridized carbons (Fsp3) is 0.632. The van der Waals surface area contributed by atoms with Gasteiger partial charge in [-0.1, -0.05) is 0 Å². The van der Waals surface area contributed by atoms with Crippen LogP contribution >= 0.6 is 0 Å². The summed E-state index contributed by atoms with van der Waals surface area (Å²) in [7, 11) is 3.91. The molecule has 2 aliphatic rings. The van der Waals surface area contributed by atoms with Crippen molar-refractivity contribution in [1.29, 1.82) is 0 Å². The Bertz CT molecular complexity index is 834. The van der Waals surface area contributed by atoms with Crippen LogP contribution in [-0.2, 0) is 18.4 Å². The van der Waals surface area contributed by atoms with E-state index in [1.165, 1.54) is 0 Å². The van der Waals surface area contributed by atoms with E-state index in [9.17, 15) is 9.90 Å². The molecule has 27 heavy (non-hydrogen) atoms. The van der Waals surface area contributed by atoms with Crippen LogP contribution in [0.25, 0.3) is 11.6 Å². The van der Waals surface area contributed by atoms with E-state index < -0.39 is 5.97 Å². The summed E-state index contributed by atoms with van der Waals surface area (Å²) >= 11 is 0. The van der Waals surface area contributed by atoms with Crippen molar-refractivity contribution in [2.45, 2.75) is 38.8 Å². The molecule has 0 unspecified atom stereocenters. The highest BCUT2D eigenvalue weighted by Gasteiger charge is 2.46. The van der Waals surface area contributed by atoms with Crippen molar-refractivity contribution in [3.63, 3.8) is 0 Å². The lowest BCUT2D eigenvalue weighted by Gasteiger charge is -2.38. The van der Waals surface area contributed by atoms with Gasteiger partial charge in [0, 0.05) is 19.3 Å². The van der Waals surface area contributed by atoms with Gasteiger partial charge in [0.05, 0.1) is 6.54 Å². The molecule has 4 heterocycles. The van der Waals surface area contributed by atoms with Crippen molar-refractivity contribution in [1.82, 2.24) is 24.6 Å². The Morgan fingerprint density at radius 2 is 2.04 bits per heavy atom. The van der Waals surface area contributed by atoms with Crippen molar-refractivity contribution in [2.75, 3.05) is 26.7 Å². The molecule has 1 atom stereocenters. The number of aliphatic carboxylic acids is 1. The number of aryl methyl sites for hydroxylation is 1. The number of hydrogen-bond acceptors (Lipinski definition) is 6. The van der Waals surface area contributed by atoms with Crippen molar-refractivity contribution in [3.8, 4) is 11.6 Å². The van der Waals surface area contributed by atoms with Crippen LogP contribution in [-0.4, -0.2) is 68.4 Å². The molecular weight excluding hydrogens is 346 g/mol. The molecule has 0 radical (unpaired) electrons. The van der Waals surface area contributed by atoms with Crippen LogP contribution in [0.4, 0.5) is 0 Å². The summed E-state index contributed by atoms with van der Waals surface area (Å²) in [5.74, 6) is 0.480. The fourth-order valence-corrected chi connectivity index (χ4v) is 4.53. The molecular formula is C19H27N5O3. The van der Waals surface area contributed by atoms with Crippen LogP contribution in [0.5, 0.6) is 0 Å². The molecule has 8 heteroatoms. The predicted octanol–water partition coefficient (Wildman–Crippen LogP) is 1.75. The summed E-state index contributed by atoms with van der Waals surface area (Å²) in [4.78, 5) is 15.7. The van der Waals surface area contributed by atoms with Gasteiger partial charge in [0.1, 0.15) is 11.7 Å². The summed E-state index contributed by atoms with van der Waals surface area (Å²) in [5, 5.41) is 17.8. The first-order valence-corrected chi connectivity index (χ1v) is 9.47. The van der Waals surface area contributed by atoms with Crippen LogP contribution < -0.4 is 0 Å². The van der Waals surface area contributed by atoms with Gasteiger partial charge in [-0.2, -0.15) is 0 Å². The van der Waals surface area contributed by atoms with E-state index in [4.69, 9.17) is 4.42 Å². The number of hydrogen-bond donors (Lipinski definition) is 1. The topological polar surface area (TPSA) is 87.6 Å². The smallest absolute Gasteiger partial charge is 0.320 e. The lowest BCUT2D eigenvalue weighted by molar-refractivity contribution is -0.141. The SMILES string of the molecule is Cc1ccc(-c2nnc(CN3CCC4(CC3)C[C@@H](C(=O)O)N(C)C4)o2)n1C. The average Bonchev–Trinajstić information content (AvgIpc) is 3.30. The maximum Gasteiger partial charge on any atom is 0.320 e. The van der Waals surface area contributed by atoms with Gasteiger partial charge < -0.3 is 14.1 Å². The predicted molar refractivity (Wildman–Crippen MR) is 99.1 cm³/mol. The van der Waals surface area contributed by atoms with E-state index in [-0.39, 0.29) is 11.5 Å². The second-order valence-corrected chi connectivity index (χ2v) is 8.17. The number of rotatable bonds is 4. The molecule has 0 aromatic carbocycles. The molecule has 2 aromatic heterocycles. The molecule has 1 N–H and O–H groups in total. The molecule has 4 rings (SSSR count). The highest BCUT2D eigenvalue weighted by Crippen LogP contribution is 2.43. The molecule has 8 nitrogen and oxygen atoms in total. The maximum atomic E-state index is 11.4. The minimum absolute atomic E-state index is 0.134. The largest absolute Gasteiger partial charge is 0.480 e. The summed E-state index contributed by atoms with van der Waals surface area (Å²) in [6.45, 7) is 5.42. The number of carbonyl (C=O) groups is 1. The number of aromatic nitrogens is 3. The zero-order valence-electron chi connectivity index (χ0n) is 16.2. The summed E-state index contributed by atoms with van der Waals surface area (Å²) in [6.07, 6.45) is 2.78. The molecule has 2 aliphatic heterocycles. The summed E-state index contributed by atoms with van der Waals surface area (Å²) in [5.41, 5.74) is 2.21. The van der Waals surface area contributed by atoms with Crippen molar-refractivity contribution in [2.24, 2.45) is 12.5 Å². The Morgan fingerprint density at radius 3 is 2.63 bits per heavy atom. The first-order chi connectivity index (χ1) is 12.9. The molecule has 0 aliphatic carbocycles. The molecule has 2 saturated heterocycles. The van der Waals surface area contributed by atoms with Crippen molar-refractivity contribution >= 4 is 5.97 Å². The Balaban J connectivity index is 1.36. The van der Waals surface area contributed by atoms with Gasteiger partial charge in [0.15, 0.2) is 0 Å². The first-order valence-electron chi connectivity index (χ1n) is 9.47. The van der Waals surface area contributed by atoms with E-state index in [1.54, 1.807) is 0 Å². The van der Waals surface area contributed by atoms with E-state index >= 15 is 0 Å². The van der Waals surface area contributed by atoms with Crippen LogP contribution in [0.3, 0.4) is 0 Å². The lowest BCUT2D eigenvalue weighted by Crippen LogP contribution is -2.40. The molecule has 2 aromatic rings. The quantitative estimate of drug-likeness (QED) is 0.873. The molecule has 1 spiro atoms. The molecule has 146 valence electrons. The van der Waals surface area contributed by atoms with Gasteiger partial charge in [-0.05, 0) is 63.9 Å². The first kappa shape index (κ1) is 18.2. The number of carboxylic acid groups (broad SMARTS) is 1. The summed E-state index contributed by atoms with van der Waals surface area (Å²) in [6, 6.07) is 3.68. The Labute approximate surface area is 158 Å². The third-order valence-electron chi connectivity index (χ3n) is 6.36. The second-order valence-electron chi connectivity index (χ2n) is 8.17. The third-order valence-corrected chi connectivity index (χ3v) is 6.36. The highest BCUT2D eigenvalue weighted by atomic mass is 16.4. The Hall–Kier alpha value is -2.19. The van der Waals surface area contributed by atoms with Gasteiger partial charge in [-0.25, -0.2) is 0 Å². The number of carboxylic acids is 1. The van der Waals surface area contributed by atoms with Crippen LogP contribution in [0.1, 0.15) is 30.8 Å². The molecule has 2 fully saturated rings. The van der Waals surface area contributed by atoms with Gasteiger partial charge in [-0.3, -0.25) is 14.6 Å². The van der Waals surface area contributed by atoms with E-state index in [2.05, 4.69) is 15.1 Å². The number of nitrogens with zero attached hydrogens (tertiary/aromatic N) is 5. The molecule has 0 bridgehead atoms. The monoisotopic (exact) mass is 373 g/mol. The van der Waals surface area contributed by atoms with Gasteiger partial charge in [-0.15, -0.1) is 10.2 Å². The van der Waals surface area contributed by atoms with E-state index in [0.29, 0.717) is 18.3 Å². The molecule has 0 amide bonds. The molecule has 0 saturated carbocycles. The summed E-state index contributed by atoms with van der Waals surface area (Å²) < 4.78 is 7.92. The van der Waals surface area contributed by atoms with Gasteiger partial charge in [0.2, 0.25) is 5.89 Å². The van der Waals surface area contributed by atoms with Crippen LogP contribution in [0.15, 0.2) is 16.5 Å². The minimum atomic E-state index is -0.703. The zero-order valence-corrected chi connectivity index (χ0v) is 16.2. The van der Waals surface area contributed by atoms with Crippen molar-refractivity contribution < 1.29 is 14.3 Å². The number of likely N-dealkylation sites (N-methyl/N-ethyl adjacent to an activating group) is 1. The highest BCUT2D eigenvalue weighted by molar-refractivity contribution is 5.74.